The van der Waals surface area contributed by atoms with Gasteiger partial charge in [0, 0.05) is 13.7 Å². The molecule has 0 aromatic rings. The van der Waals surface area contributed by atoms with E-state index in [4.69, 9.17) is 14.2 Å². The first-order valence-electron chi connectivity index (χ1n) is 8.69. The first-order chi connectivity index (χ1) is 10.5. The lowest BCUT2D eigenvalue weighted by Gasteiger charge is -2.42. The average Bonchev–Trinajstić information content (AvgIpc) is 2.45. The standard InChI is InChI=1S/C18H35NO4/c1-8-18(22-13-11-17(5,6)21-7)10-9-12-19(14-18)15(20)23-16(2,3)4/h8-14H2,1-7H3. The number of hydrogen-bond donors (Lipinski definition) is 0. The maximum absolute atomic E-state index is 12.3. The van der Waals surface area contributed by atoms with Crippen LogP contribution in [0.15, 0.2) is 0 Å². The Kier molecular flexibility index (Phi) is 6.90. The van der Waals surface area contributed by atoms with Crippen molar-refractivity contribution in [1.82, 2.24) is 4.90 Å². The van der Waals surface area contributed by atoms with Gasteiger partial charge in [-0.15, -0.1) is 0 Å². The first-order valence-corrected chi connectivity index (χ1v) is 8.69. The highest BCUT2D eigenvalue weighted by molar-refractivity contribution is 5.68. The molecule has 1 heterocycles. The van der Waals surface area contributed by atoms with Crippen LogP contribution in [0.25, 0.3) is 0 Å². The van der Waals surface area contributed by atoms with Crippen LogP contribution in [0.1, 0.15) is 67.2 Å². The molecule has 1 fully saturated rings. The molecule has 0 spiro atoms. The zero-order chi connectivity index (χ0) is 17.7. The van der Waals surface area contributed by atoms with Crippen molar-refractivity contribution in [2.24, 2.45) is 0 Å². The molecule has 0 radical (unpaired) electrons. The van der Waals surface area contributed by atoms with Gasteiger partial charge in [-0.05, 0) is 60.3 Å². The van der Waals surface area contributed by atoms with Crippen LogP contribution in [0.3, 0.4) is 0 Å². The minimum atomic E-state index is -0.466. The lowest BCUT2D eigenvalue weighted by atomic mass is 9.90. The molecular formula is C18H35NO4. The Morgan fingerprint density at radius 2 is 1.87 bits per heavy atom. The summed E-state index contributed by atoms with van der Waals surface area (Å²) in [4.78, 5) is 14.1. The number of amides is 1. The van der Waals surface area contributed by atoms with Crippen LogP contribution in [0.5, 0.6) is 0 Å². The Morgan fingerprint density at radius 3 is 2.39 bits per heavy atom. The van der Waals surface area contributed by atoms with E-state index in [0.717, 1.165) is 32.2 Å². The van der Waals surface area contributed by atoms with Crippen molar-refractivity contribution >= 4 is 6.09 Å². The lowest BCUT2D eigenvalue weighted by Crippen LogP contribution is -2.52. The third-order valence-corrected chi connectivity index (χ3v) is 4.50. The lowest BCUT2D eigenvalue weighted by molar-refractivity contribution is -0.108. The quantitative estimate of drug-likeness (QED) is 0.739. The molecule has 1 atom stereocenters. The first kappa shape index (κ1) is 20.2. The van der Waals surface area contributed by atoms with Gasteiger partial charge in [0.2, 0.25) is 0 Å². The number of piperidine rings is 1. The van der Waals surface area contributed by atoms with Crippen LogP contribution in [0.2, 0.25) is 0 Å². The highest BCUT2D eigenvalue weighted by Crippen LogP contribution is 2.30. The number of carbonyl (C=O) groups excluding carboxylic acids is 1. The van der Waals surface area contributed by atoms with E-state index in [1.54, 1.807) is 12.0 Å². The van der Waals surface area contributed by atoms with Crippen molar-refractivity contribution in [2.45, 2.75) is 84.0 Å². The van der Waals surface area contributed by atoms with Crippen LogP contribution < -0.4 is 0 Å². The molecule has 5 heteroatoms. The van der Waals surface area contributed by atoms with Crippen LogP contribution in [-0.2, 0) is 14.2 Å². The van der Waals surface area contributed by atoms with Crippen molar-refractivity contribution in [3.8, 4) is 0 Å². The molecule has 0 N–H and O–H groups in total. The van der Waals surface area contributed by atoms with E-state index in [9.17, 15) is 4.79 Å². The summed E-state index contributed by atoms with van der Waals surface area (Å²) in [5.74, 6) is 0. The smallest absolute Gasteiger partial charge is 0.410 e. The summed E-state index contributed by atoms with van der Waals surface area (Å²) in [6.07, 6.45) is 3.41. The second kappa shape index (κ2) is 7.84. The maximum atomic E-state index is 12.3. The molecule has 1 aliphatic rings. The third-order valence-electron chi connectivity index (χ3n) is 4.50. The predicted molar refractivity (Wildman–Crippen MR) is 91.7 cm³/mol. The molecule has 0 aliphatic carbocycles. The molecule has 136 valence electrons. The van der Waals surface area contributed by atoms with Gasteiger partial charge in [-0.2, -0.15) is 0 Å². The van der Waals surface area contributed by atoms with Crippen molar-refractivity contribution in [3.63, 3.8) is 0 Å². The number of ether oxygens (including phenoxy) is 3. The summed E-state index contributed by atoms with van der Waals surface area (Å²) in [7, 11) is 1.72. The predicted octanol–water partition coefficient (Wildman–Crippen LogP) is 4.00. The fourth-order valence-electron chi connectivity index (χ4n) is 2.70. The van der Waals surface area contributed by atoms with Gasteiger partial charge in [-0.1, -0.05) is 6.92 Å². The van der Waals surface area contributed by atoms with Gasteiger partial charge in [0.25, 0.3) is 0 Å². The number of carbonyl (C=O) groups is 1. The maximum Gasteiger partial charge on any atom is 0.410 e. The zero-order valence-corrected chi connectivity index (χ0v) is 16.0. The fraction of sp³-hybridized carbons (Fsp3) is 0.944. The molecule has 5 nitrogen and oxygen atoms in total. The van der Waals surface area contributed by atoms with Gasteiger partial charge in [-0.25, -0.2) is 4.79 Å². The Balaban J connectivity index is 2.62. The van der Waals surface area contributed by atoms with Gasteiger partial charge >= 0.3 is 6.09 Å². The largest absolute Gasteiger partial charge is 0.444 e. The summed E-state index contributed by atoms with van der Waals surface area (Å²) in [5, 5.41) is 0. The number of hydrogen-bond acceptors (Lipinski definition) is 4. The van der Waals surface area contributed by atoms with Crippen LogP contribution in [0, 0.1) is 0 Å². The van der Waals surface area contributed by atoms with E-state index in [-0.39, 0.29) is 17.3 Å². The van der Waals surface area contributed by atoms with Crippen LogP contribution in [-0.4, -0.2) is 54.6 Å². The fourth-order valence-corrected chi connectivity index (χ4v) is 2.70. The number of nitrogens with zero attached hydrogens (tertiary/aromatic N) is 1. The number of likely N-dealkylation sites (tertiary alicyclic amines) is 1. The monoisotopic (exact) mass is 329 g/mol. The summed E-state index contributed by atoms with van der Waals surface area (Å²) < 4.78 is 17.2. The summed E-state index contributed by atoms with van der Waals surface area (Å²) >= 11 is 0. The molecule has 1 saturated heterocycles. The van der Waals surface area contributed by atoms with Gasteiger partial charge < -0.3 is 19.1 Å². The van der Waals surface area contributed by atoms with Gasteiger partial charge in [0.1, 0.15) is 5.60 Å². The van der Waals surface area contributed by atoms with E-state index < -0.39 is 5.60 Å². The van der Waals surface area contributed by atoms with Crippen LogP contribution in [0.4, 0.5) is 4.79 Å². The summed E-state index contributed by atoms with van der Waals surface area (Å²) in [6, 6.07) is 0. The van der Waals surface area contributed by atoms with E-state index >= 15 is 0 Å². The third kappa shape index (κ3) is 6.68. The highest BCUT2D eigenvalue weighted by Gasteiger charge is 2.38. The Morgan fingerprint density at radius 1 is 1.22 bits per heavy atom. The van der Waals surface area contributed by atoms with Crippen molar-refractivity contribution in [3.05, 3.63) is 0 Å². The Hall–Kier alpha value is -0.810. The second-order valence-corrected chi connectivity index (χ2v) is 8.10. The molecule has 1 amide bonds. The van der Waals surface area contributed by atoms with Gasteiger partial charge in [0.05, 0.1) is 24.4 Å². The molecule has 0 bridgehead atoms. The van der Waals surface area contributed by atoms with Gasteiger partial charge in [0.15, 0.2) is 0 Å². The normalized spacial score (nSPS) is 23.0. The molecule has 0 aromatic heterocycles. The Labute approximate surface area is 141 Å². The molecule has 1 aliphatic heterocycles. The van der Waals surface area contributed by atoms with E-state index in [2.05, 4.69) is 20.8 Å². The summed E-state index contributed by atoms with van der Waals surface area (Å²) in [5.41, 5.74) is -0.916. The minimum Gasteiger partial charge on any atom is -0.444 e. The SMILES string of the molecule is CCC1(OCCC(C)(C)OC)CCCN(C(=O)OC(C)(C)C)C1. The second-order valence-electron chi connectivity index (χ2n) is 8.10. The molecular weight excluding hydrogens is 294 g/mol. The zero-order valence-electron chi connectivity index (χ0n) is 16.0. The van der Waals surface area contributed by atoms with Crippen molar-refractivity contribution in [1.29, 1.82) is 0 Å². The van der Waals surface area contributed by atoms with Gasteiger partial charge in [-0.3, -0.25) is 0 Å². The number of methoxy groups -OCH3 is 1. The molecule has 0 saturated carbocycles. The molecule has 1 rings (SSSR count). The summed E-state index contributed by atoms with van der Waals surface area (Å²) in [6.45, 7) is 13.9. The van der Waals surface area contributed by atoms with E-state index in [0.29, 0.717) is 13.2 Å². The molecule has 0 aromatic carbocycles. The van der Waals surface area contributed by atoms with E-state index in [1.165, 1.54) is 0 Å². The van der Waals surface area contributed by atoms with E-state index in [1.807, 2.05) is 20.8 Å². The number of rotatable bonds is 6. The van der Waals surface area contributed by atoms with Crippen LogP contribution >= 0.6 is 0 Å². The Bertz CT molecular complexity index is 389. The molecule has 1 unspecified atom stereocenters. The van der Waals surface area contributed by atoms with Crippen molar-refractivity contribution < 1.29 is 19.0 Å². The van der Waals surface area contributed by atoms with Crippen molar-refractivity contribution in [2.75, 3.05) is 26.8 Å². The molecule has 23 heavy (non-hydrogen) atoms. The topological polar surface area (TPSA) is 48.0 Å². The average molecular weight is 329 g/mol. The highest BCUT2D eigenvalue weighted by atomic mass is 16.6. The minimum absolute atomic E-state index is 0.186.